The minimum absolute atomic E-state index is 0.00333. The van der Waals surface area contributed by atoms with Crippen molar-refractivity contribution >= 4 is 0 Å². The zero-order valence-electron chi connectivity index (χ0n) is 18.9. The number of allylic oxidation sites excluding steroid dienone is 1. The Morgan fingerprint density at radius 1 is 0.912 bits per heavy atom. The first-order valence-electron chi connectivity index (χ1n) is 11.8. The van der Waals surface area contributed by atoms with Gasteiger partial charge in [-0.1, -0.05) is 42.5 Å². The molecule has 2 fully saturated rings. The summed E-state index contributed by atoms with van der Waals surface area (Å²) in [5.74, 6) is -0.872. The van der Waals surface area contributed by atoms with Crippen molar-refractivity contribution in [2.24, 2.45) is 5.92 Å². The molecule has 1 heterocycles. The molecule has 0 radical (unpaired) electrons. The molecule has 1 aliphatic heterocycles. The topological polar surface area (TPSA) is 21.8 Å². The third-order valence-electron chi connectivity index (χ3n) is 7.00. The molecule has 0 amide bonds. The Balaban J connectivity index is 1.26. The summed E-state index contributed by atoms with van der Waals surface area (Å²) in [5, 5.41) is 0. The molecule has 34 heavy (non-hydrogen) atoms. The van der Waals surface area contributed by atoms with Gasteiger partial charge in [0.25, 0.3) is 0 Å². The molecule has 0 spiro atoms. The van der Waals surface area contributed by atoms with E-state index in [4.69, 9.17) is 9.47 Å². The molecule has 2 nitrogen and oxygen atoms in total. The molecular weight excluding hydrogens is 437 g/mol. The zero-order valence-corrected chi connectivity index (χ0v) is 18.9. The Morgan fingerprint density at radius 2 is 1.65 bits per heavy atom. The minimum atomic E-state index is -0.821. The van der Waals surface area contributed by atoms with Gasteiger partial charge in [0.05, 0.1) is 6.61 Å². The summed E-state index contributed by atoms with van der Waals surface area (Å²) in [6, 6.07) is 15.1. The highest BCUT2D eigenvalue weighted by molar-refractivity contribution is 5.65. The van der Waals surface area contributed by atoms with E-state index < -0.39 is 11.6 Å². The summed E-state index contributed by atoms with van der Waals surface area (Å²) in [7, 11) is 0. The van der Waals surface area contributed by atoms with Gasteiger partial charge in [-0.05, 0) is 72.4 Å². The van der Waals surface area contributed by atoms with Crippen LogP contribution in [0, 0.1) is 23.4 Å². The van der Waals surface area contributed by atoms with Crippen LogP contribution >= 0.6 is 0 Å². The average Bonchev–Trinajstić information content (AvgIpc) is 3.71. The molecule has 5 rings (SSSR count). The smallest absolute Gasteiger partial charge is 0.166 e. The Labute approximate surface area is 198 Å². The van der Waals surface area contributed by atoms with Crippen LogP contribution in [0.2, 0.25) is 0 Å². The van der Waals surface area contributed by atoms with E-state index in [-0.39, 0.29) is 30.0 Å². The van der Waals surface area contributed by atoms with Crippen molar-refractivity contribution in [3.05, 3.63) is 101 Å². The first kappa shape index (κ1) is 22.7. The van der Waals surface area contributed by atoms with Gasteiger partial charge in [-0.3, -0.25) is 0 Å². The number of ether oxygens (including phenoxy) is 2. The van der Waals surface area contributed by atoms with Crippen molar-refractivity contribution in [1.29, 1.82) is 0 Å². The van der Waals surface area contributed by atoms with Gasteiger partial charge in [-0.2, -0.15) is 0 Å². The lowest BCUT2D eigenvalue weighted by molar-refractivity contribution is 0.299. The molecule has 1 atom stereocenters. The van der Waals surface area contributed by atoms with E-state index in [1.54, 1.807) is 42.5 Å². The molecule has 3 aromatic rings. The monoisotopic (exact) mass is 464 g/mol. The largest absolute Gasteiger partial charge is 0.489 e. The molecule has 1 unspecified atom stereocenters. The second-order valence-corrected chi connectivity index (χ2v) is 9.16. The highest BCUT2D eigenvalue weighted by atomic mass is 19.2. The number of hydrogen-bond donors (Lipinski definition) is 0. The van der Waals surface area contributed by atoms with Gasteiger partial charge in [0, 0.05) is 11.1 Å². The van der Waals surface area contributed by atoms with E-state index in [0.717, 1.165) is 31.2 Å². The minimum Gasteiger partial charge on any atom is -0.489 e. The van der Waals surface area contributed by atoms with Crippen molar-refractivity contribution in [3.63, 3.8) is 0 Å². The van der Waals surface area contributed by atoms with Gasteiger partial charge < -0.3 is 9.47 Å². The van der Waals surface area contributed by atoms with Gasteiger partial charge in [0.15, 0.2) is 11.6 Å². The molecule has 1 saturated carbocycles. The molecule has 1 saturated heterocycles. The van der Waals surface area contributed by atoms with Gasteiger partial charge in [-0.25, -0.2) is 13.2 Å². The van der Waals surface area contributed by atoms with Gasteiger partial charge in [0.2, 0.25) is 0 Å². The quantitative estimate of drug-likeness (QED) is 0.262. The number of epoxide rings is 1. The average molecular weight is 465 g/mol. The van der Waals surface area contributed by atoms with E-state index in [1.807, 2.05) is 12.1 Å². The van der Waals surface area contributed by atoms with E-state index in [9.17, 15) is 13.2 Å². The molecule has 0 N–H and O–H groups in total. The van der Waals surface area contributed by atoms with Crippen LogP contribution in [-0.2, 0) is 11.3 Å². The summed E-state index contributed by atoms with van der Waals surface area (Å²) in [4.78, 5) is 0. The van der Waals surface area contributed by atoms with E-state index in [2.05, 4.69) is 6.58 Å². The van der Waals surface area contributed by atoms with Gasteiger partial charge >= 0.3 is 0 Å². The molecule has 2 aliphatic rings. The van der Waals surface area contributed by atoms with Crippen molar-refractivity contribution in [3.8, 4) is 16.9 Å². The first-order chi connectivity index (χ1) is 16.5. The summed E-state index contributed by atoms with van der Waals surface area (Å²) >= 11 is 0. The van der Waals surface area contributed by atoms with Crippen LogP contribution in [0.5, 0.6) is 5.75 Å². The summed E-state index contributed by atoms with van der Waals surface area (Å²) in [6.07, 6.45) is 5.57. The van der Waals surface area contributed by atoms with Crippen LogP contribution in [0.1, 0.15) is 54.4 Å². The summed E-state index contributed by atoms with van der Waals surface area (Å²) in [5.41, 5.74) is 2.52. The second kappa shape index (κ2) is 9.67. The fraction of sp³-hybridized carbons (Fsp3) is 0.310. The molecule has 0 bridgehead atoms. The number of halogens is 3. The standard InChI is InChI=1S/C29H27F3O2/c1-2-18-3-5-19(6-4-18)24-13-14-25(29(32)28(24)31)20-9-11-23(12-10-20)33-16-22-8-7-21(15-26(22)30)27-17-34-27/h2,7-15,18-19,27H,1,3-6,16-17H2. The highest BCUT2D eigenvalue weighted by Gasteiger charge is 2.26. The highest BCUT2D eigenvalue weighted by Crippen LogP contribution is 2.39. The van der Waals surface area contributed by atoms with E-state index >= 15 is 0 Å². The number of hydrogen-bond acceptors (Lipinski definition) is 2. The second-order valence-electron chi connectivity index (χ2n) is 9.16. The third-order valence-corrected chi connectivity index (χ3v) is 7.00. The Hall–Kier alpha value is -3.05. The SMILES string of the molecule is C=CC1CCC(c2ccc(-c3ccc(OCc4ccc(C5CO5)cc4F)cc3)c(F)c2F)CC1. The maximum atomic E-state index is 15.0. The number of benzene rings is 3. The fourth-order valence-corrected chi connectivity index (χ4v) is 4.78. The summed E-state index contributed by atoms with van der Waals surface area (Å²) < 4.78 is 55.1. The molecule has 3 aromatic carbocycles. The van der Waals surface area contributed by atoms with Crippen LogP contribution < -0.4 is 4.74 Å². The van der Waals surface area contributed by atoms with Crippen molar-refractivity contribution in [2.75, 3.05) is 6.61 Å². The van der Waals surface area contributed by atoms with E-state index in [1.165, 1.54) is 6.07 Å². The Kier molecular flexibility index (Phi) is 6.46. The first-order valence-corrected chi connectivity index (χ1v) is 11.8. The fourth-order valence-electron chi connectivity index (χ4n) is 4.78. The zero-order chi connectivity index (χ0) is 23.7. The maximum absolute atomic E-state index is 15.0. The molecule has 0 aromatic heterocycles. The van der Waals surface area contributed by atoms with Crippen molar-refractivity contribution < 1.29 is 22.6 Å². The Bertz CT molecular complexity index is 1180. The Morgan fingerprint density at radius 3 is 2.29 bits per heavy atom. The third kappa shape index (κ3) is 4.76. The maximum Gasteiger partial charge on any atom is 0.166 e. The molecular formula is C29H27F3O2. The van der Waals surface area contributed by atoms with Gasteiger partial charge in [0.1, 0.15) is 24.3 Å². The lowest BCUT2D eigenvalue weighted by Crippen LogP contribution is -2.13. The molecule has 176 valence electrons. The lowest BCUT2D eigenvalue weighted by Gasteiger charge is -2.27. The van der Waals surface area contributed by atoms with Crippen LogP contribution in [-0.4, -0.2) is 6.61 Å². The van der Waals surface area contributed by atoms with Crippen molar-refractivity contribution in [1.82, 2.24) is 0 Å². The lowest BCUT2D eigenvalue weighted by atomic mass is 9.78. The summed E-state index contributed by atoms with van der Waals surface area (Å²) in [6.45, 7) is 4.55. The van der Waals surface area contributed by atoms with Crippen LogP contribution in [0.4, 0.5) is 13.2 Å². The predicted octanol–water partition coefficient (Wildman–Crippen LogP) is 7.88. The number of rotatable bonds is 7. The molecule has 5 heteroatoms. The van der Waals surface area contributed by atoms with Gasteiger partial charge in [-0.15, -0.1) is 6.58 Å². The van der Waals surface area contributed by atoms with Crippen LogP contribution in [0.25, 0.3) is 11.1 Å². The molecule has 1 aliphatic carbocycles. The predicted molar refractivity (Wildman–Crippen MR) is 126 cm³/mol. The van der Waals surface area contributed by atoms with E-state index in [0.29, 0.717) is 35.0 Å². The van der Waals surface area contributed by atoms with Crippen LogP contribution in [0.15, 0.2) is 67.3 Å². The van der Waals surface area contributed by atoms with Crippen molar-refractivity contribution in [2.45, 2.75) is 44.3 Å². The van der Waals surface area contributed by atoms with Crippen LogP contribution in [0.3, 0.4) is 0 Å². The normalized spacial score (nSPS) is 21.8.